The molecule has 0 heterocycles. The van der Waals surface area contributed by atoms with Crippen molar-refractivity contribution in [2.45, 2.75) is 38.9 Å². The summed E-state index contributed by atoms with van der Waals surface area (Å²) >= 11 is 0. The summed E-state index contributed by atoms with van der Waals surface area (Å²) in [5, 5.41) is 11.7. The van der Waals surface area contributed by atoms with Crippen molar-refractivity contribution in [3.05, 3.63) is 0 Å². The number of hydrogen-bond acceptors (Lipinski definition) is 3. The zero-order valence-electron chi connectivity index (χ0n) is 7.84. The van der Waals surface area contributed by atoms with E-state index >= 15 is 0 Å². The molecule has 1 rings (SSSR count). The van der Waals surface area contributed by atoms with Gasteiger partial charge in [0.1, 0.15) is 0 Å². The molecule has 0 spiro atoms. The Bertz CT molecular complexity index is 116. The van der Waals surface area contributed by atoms with Crippen LogP contribution in [-0.4, -0.2) is 18.6 Å². The van der Waals surface area contributed by atoms with Crippen molar-refractivity contribution in [3.8, 4) is 0 Å². The van der Waals surface area contributed by atoms with Crippen molar-refractivity contribution in [3.63, 3.8) is 0 Å². The van der Waals surface area contributed by atoms with E-state index in [-0.39, 0.29) is 0 Å². The van der Waals surface area contributed by atoms with Crippen molar-refractivity contribution in [1.82, 2.24) is 10.8 Å². The molecule has 70 valence electrons. The lowest BCUT2D eigenvalue weighted by Crippen LogP contribution is -2.44. The van der Waals surface area contributed by atoms with Crippen LogP contribution in [0, 0.1) is 5.92 Å². The Hall–Kier alpha value is -0.0551. The summed E-state index contributed by atoms with van der Waals surface area (Å²) in [5.41, 5.74) is 3.05. The monoisotopic (exact) mass is 170 g/mol. The molecule has 0 unspecified atom stereocenters. The van der Waals surface area contributed by atoms with Gasteiger partial charge >= 0.3 is 7.05 Å². The lowest BCUT2D eigenvalue weighted by molar-refractivity contribution is 0.335. The molecular weight excluding hydrogens is 151 g/mol. The van der Waals surface area contributed by atoms with E-state index in [0.717, 1.165) is 12.5 Å². The zero-order valence-corrected chi connectivity index (χ0v) is 7.84. The predicted molar refractivity (Wildman–Crippen MR) is 51.6 cm³/mol. The maximum absolute atomic E-state index is 8.91. The Morgan fingerprint density at radius 3 is 2.58 bits per heavy atom. The second-order valence-corrected chi connectivity index (χ2v) is 3.71. The van der Waals surface area contributed by atoms with Crippen molar-refractivity contribution in [2.24, 2.45) is 5.92 Å². The van der Waals surface area contributed by atoms with Gasteiger partial charge in [-0.05, 0) is 25.6 Å². The van der Waals surface area contributed by atoms with E-state index in [1.54, 1.807) is 6.82 Å². The van der Waals surface area contributed by atoms with Gasteiger partial charge in [0.2, 0.25) is 0 Å². The Kier molecular flexibility index (Phi) is 4.65. The molecule has 1 fully saturated rings. The maximum Gasteiger partial charge on any atom is 0.387 e. The van der Waals surface area contributed by atoms with E-state index in [9.17, 15) is 0 Å². The molecule has 0 aromatic heterocycles. The van der Waals surface area contributed by atoms with Crippen molar-refractivity contribution < 1.29 is 5.02 Å². The van der Waals surface area contributed by atoms with E-state index in [0.29, 0.717) is 0 Å². The molecule has 0 aromatic rings. The van der Waals surface area contributed by atoms with Gasteiger partial charge in [-0.2, -0.15) is 0 Å². The van der Waals surface area contributed by atoms with E-state index < -0.39 is 7.05 Å². The zero-order chi connectivity index (χ0) is 8.81. The third-order valence-electron chi connectivity index (χ3n) is 2.43. The number of hydrogen-bond donors (Lipinski definition) is 3. The summed E-state index contributed by atoms with van der Waals surface area (Å²) in [6.45, 7) is 2.71. The van der Waals surface area contributed by atoms with Gasteiger partial charge in [-0.1, -0.05) is 19.3 Å². The highest BCUT2D eigenvalue weighted by Crippen LogP contribution is 2.22. The molecule has 1 saturated carbocycles. The molecule has 1 aliphatic rings. The lowest BCUT2D eigenvalue weighted by atomic mass is 9.89. The average Bonchev–Trinajstić information content (AvgIpc) is 2.05. The fourth-order valence-electron chi connectivity index (χ4n) is 1.74. The third-order valence-corrected chi connectivity index (χ3v) is 2.43. The number of rotatable bonds is 4. The fraction of sp³-hybridized carbons (Fsp3) is 1.00. The van der Waals surface area contributed by atoms with E-state index in [1.165, 1.54) is 32.1 Å². The smallest absolute Gasteiger partial charge is 0.387 e. The van der Waals surface area contributed by atoms with Gasteiger partial charge in [0.25, 0.3) is 0 Å². The first kappa shape index (κ1) is 10.0. The maximum atomic E-state index is 8.91. The van der Waals surface area contributed by atoms with Crippen LogP contribution >= 0.6 is 0 Å². The molecule has 3 N–H and O–H groups in total. The summed E-state index contributed by atoms with van der Waals surface area (Å²) in [5.74, 6) is 0.810. The van der Waals surface area contributed by atoms with Crippen LogP contribution in [-0.2, 0) is 0 Å². The Morgan fingerprint density at radius 2 is 2.00 bits per heavy atom. The van der Waals surface area contributed by atoms with E-state index in [2.05, 4.69) is 10.8 Å². The average molecular weight is 170 g/mol. The quantitative estimate of drug-likeness (QED) is 0.431. The molecule has 0 radical (unpaired) electrons. The van der Waals surface area contributed by atoms with Crippen molar-refractivity contribution in [1.29, 1.82) is 0 Å². The molecule has 0 atom stereocenters. The van der Waals surface area contributed by atoms with Crippen LogP contribution in [0.15, 0.2) is 0 Å². The fourth-order valence-corrected chi connectivity index (χ4v) is 1.74. The van der Waals surface area contributed by atoms with Crippen LogP contribution in [0.5, 0.6) is 0 Å². The summed E-state index contributed by atoms with van der Waals surface area (Å²) in [6.07, 6.45) is 6.84. The van der Waals surface area contributed by atoms with Gasteiger partial charge in [-0.3, -0.25) is 10.8 Å². The summed E-state index contributed by atoms with van der Waals surface area (Å²) < 4.78 is 0. The molecule has 3 nitrogen and oxygen atoms in total. The topological polar surface area (TPSA) is 44.3 Å². The SMILES string of the molecule is CB(O)NNCC1CCCCC1. The van der Waals surface area contributed by atoms with Crippen LogP contribution in [0.1, 0.15) is 32.1 Å². The normalized spacial score (nSPS) is 19.5. The standard InChI is InChI=1S/C8H19BN2O/c1-9(12)11-10-7-8-5-3-2-4-6-8/h8,10-12H,2-7H2,1H3. The molecule has 4 heteroatoms. The van der Waals surface area contributed by atoms with Crippen molar-refractivity contribution in [2.75, 3.05) is 6.54 Å². The summed E-state index contributed by atoms with van der Waals surface area (Å²) in [4.78, 5) is 0. The Morgan fingerprint density at radius 1 is 1.33 bits per heavy atom. The van der Waals surface area contributed by atoms with Gasteiger partial charge in [-0.25, -0.2) is 0 Å². The first-order valence-corrected chi connectivity index (χ1v) is 4.95. The Balaban J connectivity index is 1.98. The number of hydrazine groups is 1. The minimum Gasteiger partial charge on any atom is -0.437 e. The van der Waals surface area contributed by atoms with Crippen LogP contribution in [0.4, 0.5) is 0 Å². The molecule has 0 saturated heterocycles. The molecule has 1 aliphatic carbocycles. The van der Waals surface area contributed by atoms with Gasteiger partial charge in [-0.15, -0.1) is 0 Å². The molecular formula is C8H19BN2O. The third kappa shape index (κ3) is 4.09. The summed E-state index contributed by atoms with van der Waals surface area (Å²) in [7, 11) is -0.450. The van der Waals surface area contributed by atoms with Gasteiger partial charge < -0.3 is 5.02 Å². The molecule has 0 aromatic carbocycles. The van der Waals surface area contributed by atoms with Crippen LogP contribution in [0.3, 0.4) is 0 Å². The minimum atomic E-state index is -0.450. The second kappa shape index (κ2) is 5.57. The molecule has 0 amide bonds. The highest BCUT2D eigenvalue weighted by atomic mass is 16.2. The lowest BCUT2D eigenvalue weighted by Gasteiger charge is -2.22. The first-order chi connectivity index (χ1) is 5.79. The first-order valence-electron chi connectivity index (χ1n) is 4.95. The molecule has 0 aliphatic heterocycles. The van der Waals surface area contributed by atoms with Crippen LogP contribution in [0.2, 0.25) is 6.82 Å². The Labute approximate surface area is 75.0 Å². The largest absolute Gasteiger partial charge is 0.437 e. The summed E-state index contributed by atoms with van der Waals surface area (Å²) in [6, 6.07) is 0. The van der Waals surface area contributed by atoms with E-state index in [1.807, 2.05) is 0 Å². The predicted octanol–water partition coefficient (Wildman–Crippen LogP) is 0.771. The van der Waals surface area contributed by atoms with Gasteiger partial charge in [0, 0.05) is 6.54 Å². The highest BCUT2D eigenvalue weighted by molar-refractivity contribution is 6.45. The van der Waals surface area contributed by atoms with Gasteiger partial charge in [0.05, 0.1) is 0 Å². The molecule has 0 bridgehead atoms. The number of nitrogens with one attached hydrogen (secondary N) is 2. The van der Waals surface area contributed by atoms with Crippen molar-refractivity contribution >= 4 is 7.05 Å². The highest BCUT2D eigenvalue weighted by Gasteiger charge is 2.12. The van der Waals surface area contributed by atoms with Crippen LogP contribution in [0.25, 0.3) is 0 Å². The second-order valence-electron chi connectivity index (χ2n) is 3.71. The minimum absolute atomic E-state index is 0.450. The van der Waals surface area contributed by atoms with Gasteiger partial charge in [0.15, 0.2) is 0 Å². The van der Waals surface area contributed by atoms with Crippen LogP contribution < -0.4 is 10.8 Å². The van der Waals surface area contributed by atoms with E-state index in [4.69, 9.17) is 5.02 Å². The molecule has 12 heavy (non-hydrogen) atoms.